The summed E-state index contributed by atoms with van der Waals surface area (Å²) >= 11 is 0. The van der Waals surface area contributed by atoms with E-state index in [1.807, 2.05) is 29.2 Å². The smallest absolute Gasteiger partial charge is 0.329 e. The lowest BCUT2D eigenvalue weighted by Gasteiger charge is -2.36. The number of aromatic nitrogens is 3. The van der Waals surface area contributed by atoms with Crippen LogP contribution in [0.15, 0.2) is 77.9 Å². The number of aromatic amines is 1. The van der Waals surface area contributed by atoms with Crippen LogP contribution in [0.25, 0.3) is 38.6 Å². The normalized spacial score (nSPS) is 17.4. The fourth-order valence-electron chi connectivity index (χ4n) is 8.99. The molecule has 5 heterocycles. The van der Waals surface area contributed by atoms with Crippen molar-refractivity contribution in [1.82, 2.24) is 39.1 Å². The van der Waals surface area contributed by atoms with Crippen molar-refractivity contribution in [3.8, 4) is 16.9 Å². The van der Waals surface area contributed by atoms with Gasteiger partial charge in [0.2, 0.25) is 17.7 Å². The number of ether oxygens (including phenoxy) is 1. The number of anilines is 1. The summed E-state index contributed by atoms with van der Waals surface area (Å²) in [5.41, 5.74) is 13.7. The van der Waals surface area contributed by atoms with E-state index >= 15 is 0 Å². The minimum atomic E-state index is -0.721. The van der Waals surface area contributed by atoms with Gasteiger partial charge in [0.15, 0.2) is 0 Å². The molecule has 1 unspecified atom stereocenters. The van der Waals surface area contributed by atoms with Gasteiger partial charge in [-0.15, -0.1) is 0 Å². The van der Waals surface area contributed by atoms with Gasteiger partial charge in [0.05, 0.1) is 18.1 Å². The number of amides is 4. The molecule has 4 amide bonds. The molecule has 0 bridgehead atoms. The van der Waals surface area contributed by atoms with Crippen LogP contribution in [0.4, 0.5) is 5.69 Å². The molecule has 3 aliphatic rings. The molecule has 0 spiro atoms. The Hall–Kier alpha value is -6.85. The van der Waals surface area contributed by atoms with E-state index in [9.17, 15) is 24.0 Å². The number of piperazine rings is 1. The van der Waals surface area contributed by atoms with Gasteiger partial charge in [0.25, 0.3) is 5.91 Å². The fourth-order valence-corrected chi connectivity index (χ4v) is 8.99. The minimum absolute atomic E-state index is 0.00782. The first kappa shape index (κ1) is 42.8. The van der Waals surface area contributed by atoms with Crippen molar-refractivity contribution >= 4 is 56.8 Å². The molecule has 2 saturated heterocycles. The van der Waals surface area contributed by atoms with Crippen molar-refractivity contribution in [3.63, 3.8) is 0 Å². The molecule has 1 atom stereocenters. The fraction of sp³-hybridized carbons (Fsp3) is 0.370. The predicted molar refractivity (Wildman–Crippen MR) is 242 cm³/mol. The Morgan fingerprint density at radius 3 is 2.48 bits per heavy atom. The van der Waals surface area contributed by atoms with E-state index in [1.54, 1.807) is 37.7 Å². The van der Waals surface area contributed by atoms with E-state index in [4.69, 9.17) is 16.3 Å². The molecule has 17 heteroatoms. The predicted octanol–water partition coefficient (Wildman–Crippen LogP) is 3.11. The molecule has 3 aromatic carbocycles. The summed E-state index contributed by atoms with van der Waals surface area (Å²) in [7, 11) is 6.84. The Morgan fingerprint density at radius 2 is 1.75 bits per heavy atom. The molecule has 0 aliphatic carbocycles. The van der Waals surface area contributed by atoms with Crippen LogP contribution in [0.3, 0.4) is 0 Å². The minimum Gasteiger partial charge on any atom is -0.496 e. The van der Waals surface area contributed by atoms with E-state index in [1.165, 1.54) is 22.0 Å². The van der Waals surface area contributed by atoms with Crippen LogP contribution < -0.4 is 32.2 Å². The zero-order chi connectivity index (χ0) is 44.5. The number of aryl methyl sites for hydroxylation is 1. The number of benzene rings is 3. The van der Waals surface area contributed by atoms with Crippen molar-refractivity contribution in [2.24, 2.45) is 18.6 Å². The van der Waals surface area contributed by atoms with Gasteiger partial charge in [-0.25, -0.2) is 10.6 Å². The number of carbonyl (C=O) groups excluding carboxylic acids is 4. The molecule has 63 heavy (non-hydrogen) atoms. The number of hydrogen-bond donors (Lipinski definition) is 4. The number of nitrogens with two attached hydrogens (primary N) is 2. The van der Waals surface area contributed by atoms with Gasteiger partial charge >= 0.3 is 5.69 Å². The van der Waals surface area contributed by atoms with Crippen molar-refractivity contribution in [2.75, 3.05) is 71.9 Å². The van der Waals surface area contributed by atoms with Crippen LogP contribution in [-0.4, -0.2) is 124 Å². The van der Waals surface area contributed by atoms with Crippen LogP contribution >= 0.6 is 0 Å². The molecule has 17 nitrogen and oxygen atoms in total. The number of rotatable bonds is 12. The molecular weight excluding hydrogens is 803 g/mol. The molecule has 0 saturated carbocycles. The first-order valence-corrected chi connectivity index (χ1v) is 21.3. The van der Waals surface area contributed by atoms with Crippen LogP contribution in [-0.2, 0) is 28.0 Å². The standard InChI is InChI=1S/C46H55N11O6/c1-51(2)45(61)37-26-35-34(23-31(24-36(35)49-37)30-6-5-15-55(28-30)43(59)13-16-56(48)17-14-47)33-9-8-32(25-41(33)63-4)54-20-18-53(19-21-54)27-29-7-10-38-40(22-29)52(3)46(62)57(38)39-11-12-42(58)50-44(39)60/h6-10,14,17,22-26,39,49H,5,11-13,15-16,18-21,27-28,47-48H2,1-4H3,(H,50,58,60)/b17-14-. The Morgan fingerprint density at radius 1 is 0.952 bits per heavy atom. The number of H-pyrrole nitrogens is 1. The Labute approximate surface area is 365 Å². The Balaban J connectivity index is 1.00. The first-order valence-electron chi connectivity index (χ1n) is 21.3. The number of nitrogens with zero attached hydrogens (tertiary/aromatic N) is 7. The lowest BCUT2D eigenvalue weighted by atomic mass is 9.93. The van der Waals surface area contributed by atoms with Crippen molar-refractivity contribution in [1.29, 1.82) is 0 Å². The van der Waals surface area contributed by atoms with Crippen molar-refractivity contribution < 1.29 is 23.9 Å². The second kappa shape index (κ2) is 17.9. The van der Waals surface area contributed by atoms with E-state index in [0.717, 1.165) is 76.1 Å². The lowest BCUT2D eigenvalue weighted by Crippen LogP contribution is -2.45. The summed E-state index contributed by atoms with van der Waals surface area (Å²) in [6.45, 7) is 5.32. The number of piperidine rings is 1. The average Bonchev–Trinajstić information content (AvgIpc) is 3.83. The third-order valence-corrected chi connectivity index (χ3v) is 12.4. The number of carbonyl (C=O) groups is 4. The van der Waals surface area contributed by atoms with Gasteiger partial charge in [0.1, 0.15) is 17.5 Å². The van der Waals surface area contributed by atoms with Gasteiger partial charge < -0.3 is 35.2 Å². The molecule has 6 N–H and O–H groups in total. The SMILES string of the molecule is COc1cc(N2CCN(Cc3ccc4c(c3)n(C)c(=O)n4C3CCC(=O)NC3=O)CC2)ccc1-c1cc(C2=CCCN(C(=O)CCN(N)/C=C\N)C2)cc2[nH]c(C(=O)N(C)C)cc12. The van der Waals surface area contributed by atoms with Crippen molar-refractivity contribution in [2.45, 2.75) is 38.3 Å². The monoisotopic (exact) mass is 857 g/mol. The number of hydrogen-bond acceptors (Lipinski definition) is 11. The number of fused-ring (bicyclic) bond motifs is 2. The number of imide groups is 1. The quantitative estimate of drug-likeness (QED) is 0.0817. The molecule has 5 aromatic rings. The van der Waals surface area contributed by atoms with Gasteiger partial charge in [-0.1, -0.05) is 12.1 Å². The molecule has 0 radical (unpaired) electrons. The second-order valence-corrected chi connectivity index (χ2v) is 16.7. The number of hydrazine groups is 1. The largest absolute Gasteiger partial charge is 0.496 e. The highest BCUT2D eigenvalue weighted by Crippen LogP contribution is 2.40. The summed E-state index contributed by atoms with van der Waals surface area (Å²) in [4.78, 5) is 75.7. The summed E-state index contributed by atoms with van der Waals surface area (Å²) in [5.74, 6) is 5.72. The maximum atomic E-state index is 13.3. The topological polar surface area (TPSA) is 200 Å². The van der Waals surface area contributed by atoms with E-state index in [2.05, 4.69) is 56.5 Å². The zero-order valence-corrected chi connectivity index (χ0v) is 36.2. The maximum Gasteiger partial charge on any atom is 0.329 e. The highest BCUT2D eigenvalue weighted by atomic mass is 16.5. The third-order valence-electron chi connectivity index (χ3n) is 12.4. The molecule has 2 fully saturated rings. The maximum absolute atomic E-state index is 13.3. The Bertz CT molecular complexity index is 2720. The number of imidazole rings is 1. The average molecular weight is 858 g/mol. The van der Waals surface area contributed by atoms with Gasteiger partial charge in [-0.3, -0.25) is 38.5 Å². The van der Waals surface area contributed by atoms with Crippen LogP contribution in [0.5, 0.6) is 5.75 Å². The van der Waals surface area contributed by atoms with E-state index in [-0.39, 0.29) is 36.3 Å². The molecule has 2 aromatic heterocycles. The molecule has 330 valence electrons. The molecule has 8 rings (SSSR count). The Kier molecular flexibility index (Phi) is 12.1. The lowest BCUT2D eigenvalue weighted by molar-refractivity contribution is -0.136. The summed E-state index contributed by atoms with van der Waals surface area (Å²) in [6.07, 6.45) is 6.51. The third kappa shape index (κ3) is 8.66. The van der Waals surface area contributed by atoms with Crippen LogP contribution in [0.1, 0.15) is 53.3 Å². The van der Waals surface area contributed by atoms with Crippen molar-refractivity contribution in [3.05, 3.63) is 100 Å². The summed E-state index contributed by atoms with van der Waals surface area (Å²) < 4.78 is 9.17. The van der Waals surface area contributed by atoms with E-state index < -0.39 is 11.9 Å². The number of nitrogens with one attached hydrogen (secondary N) is 2. The van der Waals surface area contributed by atoms with E-state index in [0.29, 0.717) is 56.0 Å². The molecular formula is C46H55N11O6. The molecule has 3 aliphatic heterocycles. The van der Waals surface area contributed by atoms with Gasteiger partial charge in [-0.05, 0) is 77.6 Å². The van der Waals surface area contributed by atoms with Crippen LogP contribution in [0.2, 0.25) is 0 Å². The zero-order valence-electron chi connectivity index (χ0n) is 36.2. The van der Waals surface area contributed by atoms with Gasteiger partial charge in [0, 0.05) is 127 Å². The summed E-state index contributed by atoms with van der Waals surface area (Å²) in [6, 6.07) is 17.6. The first-order chi connectivity index (χ1) is 30.3. The van der Waals surface area contributed by atoms with Crippen LogP contribution in [0, 0.1) is 0 Å². The number of methoxy groups -OCH3 is 1. The second-order valence-electron chi connectivity index (χ2n) is 16.7. The highest BCUT2D eigenvalue weighted by molar-refractivity contribution is 6.05. The van der Waals surface area contributed by atoms with Gasteiger partial charge in [-0.2, -0.15) is 0 Å². The summed E-state index contributed by atoms with van der Waals surface area (Å²) in [5, 5.41) is 4.65. The highest BCUT2D eigenvalue weighted by Gasteiger charge is 2.32.